The van der Waals surface area contributed by atoms with Gasteiger partial charge in [-0.25, -0.2) is 4.98 Å². The lowest BCUT2D eigenvalue weighted by Crippen LogP contribution is -2.52. The highest BCUT2D eigenvalue weighted by Crippen LogP contribution is 2.28. The summed E-state index contributed by atoms with van der Waals surface area (Å²) in [6.07, 6.45) is 1.19. The minimum absolute atomic E-state index is 0.0418. The van der Waals surface area contributed by atoms with Gasteiger partial charge in [0.2, 0.25) is 0 Å². The molecule has 1 aromatic heterocycles. The molecular formula is C16H17Cl2N3O2S. The number of anilines is 1. The van der Waals surface area contributed by atoms with Gasteiger partial charge < -0.3 is 14.5 Å². The first kappa shape index (κ1) is 17.3. The van der Waals surface area contributed by atoms with E-state index in [1.807, 2.05) is 10.3 Å². The number of piperazine rings is 1. The summed E-state index contributed by atoms with van der Waals surface area (Å²) < 4.78 is 5.71. The number of nitrogens with zero attached hydrogens (tertiary/aromatic N) is 3. The van der Waals surface area contributed by atoms with E-state index in [9.17, 15) is 4.79 Å². The molecule has 1 amide bonds. The highest BCUT2D eigenvalue weighted by Gasteiger charge is 2.27. The quantitative estimate of drug-likeness (QED) is 0.806. The summed E-state index contributed by atoms with van der Waals surface area (Å²) in [7, 11) is 0. The number of carbonyl (C=O) groups is 1. The topological polar surface area (TPSA) is 45.7 Å². The number of benzene rings is 1. The third-order valence-corrected chi connectivity index (χ3v) is 5.19. The molecule has 1 aliphatic heterocycles. The Morgan fingerprint density at radius 1 is 1.29 bits per heavy atom. The summed E-state index contributed by atoms with van der Waals surface area (Å²) in [5, 5.41) is 3.89. The zero-order valence-electron chi connectivity index (χ0n) is 13.1. The summed E-state index contributed by atoms with van der Waals surface area (Å²) in [6, 6.07) is 4.96. The van der Waals surface area contributed by atoms with Crippen molar-refractivity contribution < 1.29 is 9.53 Å². The highest BCUT2D eigenvalue weighted by atomic mass is 35.5. The molecular weight excluding hydrogens is 369 g/mol. The van der Waals surface area contributed by atoms with Gasteiger partial charge >= 0.3 is 0 Å². The number of thiazole rings is 1. The Labute approximate surface area is 154 Å². The number of amides is 1. The van der Waals surface area contributed by atoms with Crippen molar-refractivity contribution in [2.45, 2.75) is 13.0 Å². The Balaban J connectivity index is 1.56. The predicted molar refractivity (Wildman–Crippen MR) is 97.5 cm³/mol. The summed E-state index contributed by atoms with van der Waals surface area (Å²) in [6.45, 7) is 4.59. The van der Waals surface area contributed by atoms with E-state index in [0.29, 0.717) is 28.9 Å². The van der Waals surface area contributed by atoms with Gasteiger partial charge in [0.25, 0.3) is 5.91 Å². The molecule has 5 nitrogen and oxygen atoms in total. The van der Waals surface area contributed by atoms with E-state index in [0.717, 1.165) is 18.2 Å². The fourth-order valence-electron chi connectivity index (χ4n) is 2.56. The molecule has 8 heteroatoms. The monoisotopic (exact) mass is 385 g/mol. The van der Waals surface area contributed by atoms with Crippen molar-refractivity contribution in [3.8, 4) is 5.75 Å². The van der Waals surface area contributed by atoms with Gasteiger partial charge in [-0.3, -0.25) is 4.79 Å². The normalized spacial score (nSPS) is 16.1. The summed E-state index contributed by atoms with van der Waals surface area (Å²) in [4.78, 5) is 20.9. The maximum atomic E-state index is 12.6. The van der Waals surface area contributed by atoms with Crippen molar-refractivity contribution in [2.24, 2.45) is 0 Å². The number of aromatic nitrogens is 1. The molecule has 0 aliphatic carbocycles. The first-order valence-electron chi connectivity index (χ1n) is 7.59. The van der Waals surface area contributed by atoms with Crippen LogP contribution >= 0.6 is 34.5 Å². The first-order chi connectivity index (χ1) is 11.5. The molecule has 1 saturated heterocycles. The molecule has 0 saturated carbocycles. The Hall–Kier alpha value is -1.50. The van der Waals surface area contributed by atoms with Gasteiger partial charge in [0, 0.05) is 42.8 Å². The second-order valence-electron chi connectivity index (χ2n) is 5.46. The molecule has 1 unspecified atom stereocenters. The number of hydrogen-bond acceptors (Lipinski definition) is 5. The van der Waals surface area contributed by atoms with Crippen LogP contribution in [0.3, 0.4) is 0 Å². The van der Waals surface area contributed by atoms with E-state index in [1.54, 1.807) is 42.7 Å². The molecule has 0 spiro atoms. The number of halogens is 2. The SMILES string of the molecule is CC(Oc1ccc(Cl)cc1Cl)C(=O)N1CCN(c2nccs2)CC1. The van der Waals surface area contributed by atoms with E-state index >= 15 is 0 Å². The smallest absolute Gasteiger partial charge is 0.263 e. The average molecular weight is 386 g/mol. The fourth-order valence-corrected chi connectivity index (χ4v) is 3.71. The fraction of sp³-hybridized carbons (Fsp3) is 0.375. The van der Waals surface area contributed by atoms with Crippen LogP contribution in [0.5, 0.6) is 5.75 Å². The number of hydrogen-bond donors (Lipinski definition) is 0. The molecule has 0 radical (unpaired) electrons. The van der Waals surface area contributed by atoms with Crippen LogP contribution in [0.1, 0.15) is 6.92 Å². The van der Waals surface area contributed by atoms with Crippen molar-refractivity contribution in [3.05, 3.63) is 39.8 Å². The van der Waals surface area contributed by atoms with Crippen molar-refractivity contribution in [1.82, 2.24) is 9.88 Å². The van der Waals surface area contributed by atoms with E-state index in [1.165, 1.54) is 0 Å². The van der Waals surface area contributed by atoms with Gasteiger partial charge in [-0.05, 0) is 25.1 Å². The summed E-state index contributed by atoms with van der Waals surface area (Å²) >= 11 is 13.6. The minimum Gasteiger partial charge on any atom is -0.479 e. The van der Waals surface area contributed by atoms with Crippen LogP contribution < -0.4 is 9.64 Å². The van der Waals surface area contributed by atoms with Gasteiger partial charge in [0.05, 0.1) is 5.02 Å². The molecule has 1 atom stereocenters. The van der Waals surface area contributed by atoms with Gasteiger partial charge in [0.1, 0.15) is 5.75 Å². The second-order valence-corrected chi connectivity index (χ2v) is 7.18. The summed E-state index contributed by atoms with van der Waals surface area (Å²) in [5.74, 6) is 0.420. The van der Waals surface area contributed by atoms with Crippen molar-refractivity contribution in [1.29, 1.82) is 0 Å². The Morgan fingerprint density at radius 2 is 2.04 bits per heavy atom. The van der Waals surface area contributed by atoms with Crippen molar-refractivity contribution in [2.75, 3.05) is 31.1 Å². The van der Waals surface area contributed by atoms with E-state index in [2.05, 4.69) is 9.88 Å². The molecule has 1 fully saturated rings. The lowest BCUT2D eigenvalue weighted by Gasteiger charge is -2.35. The predicted octanol–water partition coefficient (Wildman–Crippen LogP) is 3.57. The summed E-state index contributed by atoms with van der Waals surface area (Å²) in [5.41, 5.74) is 0. The van der Waals surface area contributed by atoms with Crippen molar-refractivity contribution in [3.63, 3.8) is 0 Å². The van der Waals surface area contributed by atoms with Crippen LogP contribution in [0.25, 0.3) is 0 Å². The zero-order valence-corrected chi connectivity index (χ0v) is 15.4. The Bertz CT molecular complexity index is 703. The first-order valence-corrected chi connectivity index (χ1v) is 9.23. The van der Waals surface area contributed by atoms with Crippen LogP contribution in [0.2, 0.25) is 10.0 Å². The van der Waals surface area contributed by atoms with Gasteiger partial charge in [-0.1, -0.05) is 23.2 Å². The maximum absolute atomic E-state index is 12.6. The van der Waals surface area contributed by atoms with E-state index in [4.69, 9.17) is 27.9 Å². The van der Waals surface area contributed by atoms with Crippen LogP contribution in [-0.4, -0.2) is 48.1 Å². The molecule has 1 aliphatic rings. The van der Waals surface area contributed by atoms with Gasteiger partial charge in [-0.2, -0.15) is 0 Å². The van der Waals surface area contributed by atoms with Crippen molar-refractivity contribution >= 4 is 45.6 Å². The molecule has 1 aromatic carbocycles. The van der Waals surface area contributed by atoms with E-state index < -0.39 is 6.10 Å². The van der Waals surface area contributed by atoms with Crippen LogP contribution in [-0.2, 0) is 4.79 Å². The molecule has 128 valence electrons. The average Bonchev–Trinajstić information content (AvgIpc) is 3.11. The largest absolute Gasteiger partial charge is 0.479 e. The van der Waals surface area contributed by atoms with Crippen LogP contribution in [0.15, 0.2) is 29.8 Å². The molecule has 2 heterocycles. The van der Waals surface area contributed by atoms with Gasteiger partial charge in [0.15, 0.2) is 11.2 Å². The molecule has 24 heavy (non-hydrogen) atoms. The standard InChI is InChI=1S/C16H17Cl2N3O2S/c1-11(23-14-3-2-12(17)10-13(14)18)15(22)20-5-7-21(8-6-20)16-19-4-9-24-16/h2-4,9-11H,5-8H2,1H3. The lowest BCUT2D eigenvalue weighted by atomic mass is 10.2. The number of ether oxygens (including phenoxy) is 1. The van der Waals surface area contributed by atoms with Crippen LogP contribution in [0.4, 0.5) is 5.13 Å². The molecule has 0 N–H and O–H groups in total. The third kappa shape index (κ3) is 3.94. The molecule has 3 rings (SSSR count). The lowest BCUT2D eigenvalue weighted by molar-refractivity contribution is -0.138. The maximum Gasteiger partial charge on any atom is 0.263 e. The molecule has 2 aromatic rings. The minimum atomic E-state index is -0.602. The number of rotatable bonds is 4. The van der Waals surface area contributed by atoms with Crippen LogP contribution in [0, 0.1) is 0 Å². The van der Waals surface area contributed by atoms with E-state index in [-0.39, 0.29) is 5.91 Å². The highest BCUT2D eigenvalue weighted by molar-refractivity contribution is 7.13. The van der Waals surface area contributed by atoms with Gasteiger partial charge in [-0.15, -0.1) is 11.3 Å². The Kier molecular flexibility index (Phi) is 5.48. The zero-order chi connectivity index (χ0) is 17.1. The number of carbonyl (C=O) groups excluding carboxylic acids is 1. The molecule has 0 bridgehead atoms. The third-order valence-electron chi connectivity index (χ3n) is 3.83. The second kappa shape index (κ2) is 7.59. The Morgan fingerprint density at radius 3 is 2.67 bits per heavy atom.